The lowest BCUT2D eigenvalue weighted by Crippen LogP contribution is -2.42. The molecule has 5 nitrogen and oxygen atoms in total. The molecule has 21 heavy (non-hydrogen) atoms. The SMILES string of the molecule is CC(C)CN(CC(F)(F)F)C(=O)c1ncccc1C(=O)O. The Morgan fingerprint density at radius 3 is 2.48 bits per heavy atom. The van der Waals surface area contributed by atoms with Crippen LogP contribution >= 0.6 is 0 Å². The third-order valence-electron chi connectivity index (χ3n) is 2.48. The number of amides is 1. The van der Waals surface area contributed by atoms with E-state index in [1.54, 1.807) is 13.8 Å². The second kappa shape index (κ2) is 6.55. The van der Waals surface area contributed by atoms with Crippen LogP contribution in [0.5, 0.6) is 0 Å². The van der Waals surface area contributed by atoms with E-state index in [1.807, 2.05) is 0 Å². The minimum absolute atomic E-state index is 0.145. The van der Waals surface area contributed by atoms with E-state index in [0.717, 1.165) is 6.07 Å². The molecule has 1 heterocycles. The summed E-state index contributed by atoms with van der Waals surface area (Å²) in [6.45, 7) is 1.73. The minimum Gasteiger partial charge on any atom is -0.478 e. The van der Waals surface area contributed by atoms with Gasteiger partial charge in [-0.2, -0.15) is 13.2 Å². The summed E-state index contributed by atoms with van der Waals surface area (Å²) in [6.07, 6.45) is -3.40. The van der Waals surface area contributed by atoms with E-state index in [0.29, 0.717) is 4.90 Å². The number of rotatable bonds is 5. The quantitative estimate of drug-likeness (QED) is 0.907. The number of aromatic carboxylic acids is 1. The van der Waals surface area contributed by atoms with Crippen LogP contribution in [0.15, 0.2) is 18.3 Å². The molecule has 1 amide bonds. The van der Waals surface area contributed by atoms with Gasteiger partial charge in [0.15, 0.2) is 0 Å². The maximum absolute atomic E-state index is 12.6. The predicted octanol–water partition coefficient (Wildman–Crippen LogP) is 2.44. The number of pyridine rings is 1. The normalized spacial score (nSPS) is 11.5. The highest BCUT2D eigenvalue weighted by Gasteiger charge is 2.35. The summed E-state index contributed by atoms with van der Waals surface area (Å²) in [6, 6.07) is 2.43. The Morgan fingerprint density at radius 2 is 2.00 bits per heavy atom. The fourth-order valence-electron chi connectivity index (χ4n) is 1.77. The molecule has 0 aliphatic heterocycles. The van der Waals surface area contributed by atoms with E-state index in [4.69, 9.17) is 5.11 Å². The first-order chi connectivity index (χ1) is 9.61. The number of halogens is 3. The van der Waals surface area contributed by atoms with Crippen molar-refractivity contribution in [2.45, 2.75) is 20.0 Å². The standard InChI is InChI=1S/C13H15F3N2O3/c1-8(2)6-18(7-13(14,15)16)11(19)10-9(12(20)21)4-3-5-17-10/h3-5,8H,6-7H2,1-2H3,(H,20,21). The Bertz CT molecular complexity index is 530. The van der Waals surface area contributed by atoms with Crippen LogP contribution in [0.1, 0.15) is 34.7 Å². The first kappa shape index (κ1) is 16.9. The van der Waals surface area contributed by atoms with Crippen LogP contribution in [-0.2, 0) is 0 Å². The molecule has 0 aliphatic carbocycles. The zero-order valence-electron chi connectivity index (χ0n) is 11.5. The zero-order valence-corrected chi connectivity index (χ0v) is 11.5. The largest absolute Gasteiger partial charge is 0.478 e. The average Bonchev–Trinajstić information content (AvgIpc) is 2.34. The van der Waals surface area contributed by atoms with Crippen LogP contribution in [0.3, 0.4) is 0 Å². The summed E-state index contributed by atoms with van der Waals surface area (Å²) in [5, 5.41) is 8.98. The smallest absolute Gasteiger partial charge is 0.406 e. The minimum atomic E-state index is -4.57. The van der Waals surface area contributed by atoms with E-state index in [1.165, 1.54) is 12.3 Å². The molecule has 0 fully saturated rings. The number of hydrogen-bond acceptors (Lipinski definition) is 3. The number of aromatic nitrogens is 1. The first-order valence-corrected chi connectivity index (χ1v) is 6.16. The van der Waals surface area contributed by atoms with Crippen LogP contribution in [0.2, 0.25) is 0 Å². The second-order valence-electron chi connectivity index (χ2n) is 4.90. The molecule has 1 N–H and O–H groups in total. The van der Waals surface area contributed by atoms with Gasteiger partial charge in [0.05, 0.1) is 5.56 Å². The number of carboxylic acid groups (broad SMARTS) is 1. The molecule has 0 saturated carbocycles. The van der Waals surface area contributed by atoms with Crippen LogP contribution in [0.25, 0.3) is 0 Å². The molecule has 0 bridgehead atoms. The van der Waals surface area contributed by atoms with Crippen molar-refractivity contribution >= 4 is 11.9 Å². The molecule has 0 radical (unpaired) electrons. The van der Waals surface area contributed by atoms with E-state index >= 15 is 0 Å². The fraction of sp³-hybridized carbons (Fsp3) is 0.462. The molecule has 0 aromatic carbocycles. The monoisotopic (exact) mass is 304 g/mol. The molecule has 1 aromatic rings. The van der Waals surface area contributed by atoms with Crippen molar-refractivity contribution in [1.82, 2.24) is 9.88 Å². The highest BCUT2D eigenvalue weighted by molar-refractivity contribution is 6.03. The van der Waals surface area contributed by atoms with Crippen LogP contribution in [0, 0.1) is 5.92 Å². The fourth-order valence-corrected chi connectivity index (χ4v) is 1.77. The summed E-state index contributed by atoms with van der Waals surface area (Å²) >= 11 is 0. The van der Waals surface area contributed by atoms with E-state index in [-0.39, 0.29) is 12.5 Å². The van der Waals surface area contributed by atoms with E-state index < -0.39 is 35.9 Å². The van der Waals surface area contributed by atoms with Crippen LogP contribution in [0.4, 0.5) is 13.2 Å². The Morgan fingerprint density at radius 1 is 1.38 bits per heavy atom. The lowest BCUT2D eigenvalue weighted by molar-refractivity contribution is -0.141. The van der Waals surface area contributed by atoms with Gasteiger partial charge in [-0.25, -0.2) is 4.79 Å². The molecule has 0 atom stereocenters. The molecule has 0 aliphatic rings. The van der Waals surface area contributed by atoms with Gasteiger partial charge >= 0.3 is 12.1 Å². The third kappa shape index (κ3) is 5.05. The number of carbonyl (C=O) groups is 2. The Balaban J connectivity index is 3.13. The maximum atomic E-state index is 12.6. The van der Waals surface area contributed by atoms with Gasteiger partial charge in [0.25, 0.3) is 5.91 Å². The zero-order chi connectivity index (χ0) is 16.2. The van der Waals surface area contributed by atoms with Gasteiger partial charge in [0.2, 0.25) is 0 Å². The number of carboxylic acids is 1. The molecule has 1 aromatic heterocycles. The van der Waals surface area contributed by atoms with Gasteiger partial charge in [-0.1, -0.05) is 13.8 Å². The van der Waals surface area contributed by atoms with Gasteiger partial charge < -0.3 is 10.0 Å². The molecule has 0 unspecified atom stereocenters. The second-order valence-corrected chi connectivity index (χ2v) is 4.90. The van der Waals surface area contributed by atoms with E-state index in [2.05, 4.69) is 4.98 Å². The lowest BCUT2D eigenvalue weighted by atomic mass is 10.1. The van der Waals surface area contributed by atoms with Gasteiger partial charge in [-0.05, 0) is 18.1 Å². The summed E-state index contributed by atoms with van der Waals surface area (Å²) in [4.78, 5) is 27.4. The lowest BCUT2D eigenvalue weighted by Gasteiger charge is -2.25. The molecule has 8 heteroatoms. The average molecular weight is 304 g/mol. The van der Waals surface area contributed by atoms with Crippen molar-refractivity contribution in [3.63, 3.8) is 0 Å². The molecule has 116 valence electrons. The van der Waals surface area contributed by atoms with Crippen molar-refractivity contribution in [1.29, 1.82) is 0 Å². The van der Waals surface area contributed by atoms with Crippen molar-refractivity contribution in [3.05, 3.63) is 29.6 Å². The predicted molar refractivity (Wildman–Crippen MR) is 68.0 cm³/mol. The Kier molecular flexibility index (Phi) is 5.28. The van der Waals surface area contributed by atoms with Crippen molar-refractivity contribution in [3.8, 4) is 0 Å². The summed E-state index contributed by atoms with van der Waals surface area (Å²) in [5.74, 6) is -2.66. The van der Waals surface area contributed by atoms with Gasteiger partial charge in [0.1, 0.15) is 12.2 Å². The summed E-state index contributed by atoms with van der Waals surface area (Å²) in [7, 11) is 0. The Labute approximate surface area is 119 Å². The third-order valence-corrected chi connectivity index (χ3v) is 2.48. The van der Waals surface area contributed by atoms with Gasteiger partial charge in [-0.15, -0.1) is 0 Å². The maximum Gasteiger partial charge on any atom is 0.406 e. The molecule has 1 rings (SSSR count). The number of hydrogen-bond donors (Lipinski definition) is 1. The molecule has 0 saturated heterocycles. The highest BCUT2D eigenvalue weighted by atomic mass is 19.4. The summed E-state index contributed by atoms with van der Waals surface area (Å²) < 4.78 is 37.7. The molecular weight excluding hydrogens is 289 g/mol. The Hall–Kier alpha value is -2.12. The van der Waals surface area contributed by atoms with Crippen molar-refractivity contribution in [2.24, 2.45) is 5.92 Å². The van der Waals surface area contributed by atoms with Crippen molar-refractivity contribution in [2.75, 3.05) is 13.1 Å². The first-order valence-electron chi connectivity index (χ1n) is 6.16. The van der Waals surface area contributed by atoms with Crippen molar-refractivity contribution < 1.29 is 27.9 Å². The van der Waals surface area contributed by atoms with E-state index in [9.17, 15) is 22.8 Å². The summed E-state index contributed by atoms with van der Waals surface area (Å²) in [5.41, 5.74) is -0.909. The van der Waals surface area contributed by atoms with Crippen LogP contribution in [-0.4, -0.2) is 46.1 Å². The molecular formula is C13H15F3N2O3. The number of carbonyl (C=O) groups excluding carboxylic acids is 1. The number of nitrogens with zero attached hydrogens (tertiary/aromatic N) is 2. The number of alkyl halides is 3. The highest BCUT2D eigenvalue weighted by Crippen LogP contribution is 2.19. The van der Waals surface area contributed by atoms with Gasteiger partial charge in [-0.3, -0.25) is 9.78 Å². The van der Waals surface area contributed by atoms with Gasteiger partial charge in [0, 0.05) is 12.7 Å². The van der Waals surface area contributed by atoms with Crippen LogP contribution < -0.4 is 0 Å². The molecule has 0 spiro atoms. The topological polar surface area (TPSA) is 70.5 Å².